The van der Waals surface area contributed by atoms with E-state index in [0.717, 1.165) is 51.4 Å². The summed E-state index contributed by atoms with van der Waals surface area (Å²) in [5, 5.41) is 3.27. The highest BCUT2D eigenvalue weighted by Crippen LogP contribution is 2.35. The maximum absolute atomic E-state index is 12.9. The SMILES string of the molecule is COc1ccc(C2(CNC(=O)N3CCN4CCCCC4C3)CCOCC2)cc1. The monoisotopic (exact) mass is 387 g/mol. The fourth-order valence-electron chi connectivity index (χ4n) is 4.97. The molecule has 3 saturated heterocycles. The van der Waals surface area contributed by atoms with E-state index in [1.54, 1.807) is 7.11 Å². The number of methoxy groups -OCH3 is 1. The average molecular weight is 388 g/mol. The Morgan fingerprint density at radius 3 is 2.71 bits per heavy atom. The predicted molar refractivity (Wildman–Crippen MR) is 109 cm³/mol. The highest BCUT2D eigenvalue weighted by atomic mass is 16.5. The summed E-state index contributed by atoms with van der Waals surface area (Å²) >= 11 is 0. The Labute approximate surface area is 168 Å². The van der Waals surface area contributed by atoms with Crippen LogP contribution in [0.25, 0.3) is 0 Å². The maximum Gasteiger partial charge on any atom is 0.317 e. The van der Waals surface area contributed by atoms with Gasteiger partial charge in [-0.25, -0.2) is 4.79 Å². The van der Waals surface area contributed by atoms with Crippen LogP contribution < -0.4 is 10.1 Å². The Morgan fingerprint density at radius 2 is 1.96 bits per heavy atom. The molecular formula is C22H33N3O3. The quantitative estimate of drug-likeness (QED) is 0.863. The number of piperazine rings is 1. The minimum absolute atomic E-state index is 0.0627. The second kappa shape index (κ2) is 8.70. The van der Waals surface area contributed by atoms with Gasteiger partial charge in [-0.05, 0) is 49.9 Å². The summed E-state index contributed by atoms with van der Waals surface area (Å²) in [6.45, 7) is 6.04. The van der Waals surface area contributed by atoms with Crippen molar-refractivity contribution < 1.29 is 14.3 Å². The van der Waals surface area contributed by atoms with Gasteiger partial charge in [0, 0.05) is 50.8 Å². The minimum atomic E-state index is -0.0627. The van der Waals surface area contributed by atoms with E-state index in [2.05, 4.69) is 22.3 Å². The van der Waals surface area contributed by atoms with Gasteiger partial charge >= 0.3 is 6.03 Å². The topological polar surface area (TPSA) is 54.0 Å². The molecule has 154 valence electrons. The van der Waals surface area contributed by atoms with Gasteiger partial charge < -0.3 is 19.7 Å². The van der Waals surface area contributed by atoms with Gasteiger partial charge in [0.05, 0.1) is 7.11 Å². The van der Waals surface area contributed by atoms with Crippen LogP contribution in [0.2, 0.25) is 0 Å². The molecule has 28 heavy (non-hydrogen) atoms. The molecule has 0 bridgehead atoms. The zero-order valence-electron chi connectivity index (χ0n) is 17.0. The van der Waals surface area contributed by atoms with Gasteiger partial charge in [-0.1, -0.05) is 18.6 Å². The number of carbonyl (C=O) groups is 1. The molecule has 6 nitrogen and oxygen atoms in total. The number of hydrogen-bond donors (Lipinski definition) is 1. The molecule has 6 heteroatoms. The van der Waals surface area contributed by atoms with Crippen molar-refractivity contribution in [3.05, 3.63) is 29.8 Å². The lowest BCUT2D eigenvalue weighted by molar-refractivity contribution is 0.0469. The molecule has 3 aliphatic heterocycles. The number of nitrogens with zero attached hydrogens (tertiary/aromatic N) is 2. The van der Waals surface area contributed by atoms with Crippen molar-refractivity contribution in [2.24, 2.45) is 0 Å². The van der Waals surface area contributed by atoms with Gasteiger partial charge in [0.2, 0.25) is 0 Å². The molecule has 3 heterocycles. The molecule has 1 aromatic carbocycles. The second-order valence-corrected chi connectivity index (χ2v) is 8.41. The van der Waals surface area contributed by atoms with Crippen molar-refractivity contribution in [1.82, 2.24) is 15.1 Å². The van der Waals surface area contributed by atoms with Crippen LogP contribution >= 0.6 is 0 Å². The van der Waals surface area contributed by atoms with Gasteiger partial charge in [-0.2, -0.15) is 0 Å². The molecule has 1 atom stereocenters. The highest BCUT2D eigenvalue weighted by Gasteiger charge is 2.36. The van der Waals surface area contributed by atoms with Gasteiger partial charge in [0.25, 0.3) is 0 Å². The predicted octanol–water partition coefficient (Wildman–Crippen LogP) is 2.62. The number of benzene rings is 1. The number of piperidine rings is 1. The molecule has 3 fully saturated rings. The molecule has 1 N–H and O–H groups in total. The molecule has 0 spiro atoms. The van der Waals surface area contributed by atoms with Crippen LogP contribution in [0.1, 0.15) is 37.7 Å². The molecule has 1 unspecified atom stereocenters. The number of nitrogens with one attached hydrogen (secondary N) is 1. The van der Waals surface area contributed by atoms with E-state index in [1.165, 1.54) is 31.4 Å². The third kappa shape index (κ3) is 4.13. The van der Waals surface area contributed by atoms with Crippen molar-refractivity contribution in [3.63, 3.8) is 0 Å². The summed E-state index contributed by atoms with van der Waals surface area (Å²) in [7, 11) is 1.69. The summed E-state index contributed by atoms with van der Waals surface area (Å²) in [6.07, 6.45) is 5.66. The van der Waals surface area contributed by atoms with Crippen LogP contribution in [-0.4, -0.2) is 74.9 Å². The second-order valence-electron chi connectivity index (χ2n) is 8.41. The van der Waals surface area contributed by atoms with E-state index in [0.29, 0.717) is 12.6 Å². The summed E-state index contributed by atoms with van der Waals surface area (Å²) in [5.41, 5.74) is 1.20. The molecule has 0 saturated carbocycles. The van der Waals surface area contributed by atoms with Crippen LogP contribution in [0, 0.1) is 0 Å². The molecule has 2 amide bonds. The number of fused-ring (bicyclic) bond motifs is 1. The summed E-state index contributed by atoms with van der Waals surface area (Å²) in [6, 6.07) is 8.93. The summed E-state index contributed by atoms with van der Waals surface area (Å²) < 4.78 is 10.9. The first-order valence-electron chi connectivity index (χ1n) is 10.7. The first kappa shape index (κ1) is 19.5. The molecule has 0 aliphatic carbocycles. The third-order valence-corrected chi connectivity index (χ3v) is 6.85. The lowest BCUT2D eigenvalue weighted by Crippen LogP contribution is -2.58. The van der Waals surface area contributed by atoms with Gasteiger partial charge in [-0.3, -0.25) is 4.90 Å². The van der Waals surface area contributed by atoms with Crippen molar-refractivity contribution in [1.29, 1.82) is 0 Å². The van der Waals surface area contributed by atoms with Gasteiger partial charge in [0.15, 0.2) is 0 Å². The van der Waals surface area contributed by atoms with Crippen LogP contribution in [0.15, 0.2) is 24.3 Å². The maximum atomic E-state index is 12.9. The van der Waals surface area contributed by atoms with Crippen molar-refractivity contribution in [2.45, 2.75) is 43.6 Å². The molecule has 3 aliphatic rings. The summed E-state index contributed by atoms with van der Waals surface area (Å²) in [5.74, 6) is 0.861. The molecule has 4 rings (SSSR count). The first-order valence-corrected chi connectivity index (χ1v) is 10.7. The largest absolute Gasteiger partial charge is 0.497 e. The lowest BCUT2D eigenvalue weighted by atomic mass is 9.74. The number of ether oxygens (including phenoxy) is 2. The van der Waals surface area contributed by atoms with E-state index in [1.807, 2.05) is 17.0 Å². The van der Waals surface area contributed by atoms with E-state index in [9.17, 15) is 4.79 Å². The van der Waals surface area contributed by atoms with E-state index >= 15 is 0 Å². The average Bonchev–Trinajstić information content (AvgIpc) is 2.78. The van der Waals surface area contributed by atoms with E-state index < -0.39 is 0 Å². The molecule has 0 radical (unpaired) electrons. The van der Waals surface area contributed by atoms with Crippen LogP contribution in [0.4, 0.5) is 4.79 Å². The fraction of sp³-hybridized carbons (Fsp3) is 0.682. The zero-order chi connectivity index (χ0) is 19.4. The number of hydrogen-bond acceptors (Lipinski definition) is 4. The lowest BCUT2D eigenvalue weighted by Gasteiger charge is -2.44. The van der Waals surface area contributed by atoms with E-state index in [-0.39, 0.29) is 11.4 Å². The van der Waals surface area contributed by atoms with Gasteiger partial charge in [0.1, 0.15) is 5.75 Å². The Hall–Kier alpha value is -1.79. The van der Waals surface area contributed by atoms with Crippen molar-refractivity contribution >= 4 is 6.03 Å². The normalized spacial score (nSPS) is 25.0. The van der Waals surface area contributed by atoms with Gasteiger partial charge in [-0.15, -0.1) is 0 Å². The molecular weight excluding hydrogens is 354 g/mol. The Bertz CT molecular complexity index is 657. The van der Waals surface area contributed by atoms with Crippen LogP contribution in [0.5, 0.6) is 5.75 Å². The smallest absolute Gasteiger partial charge is 0.317 e. The number of carbonyl (C=O) groups excluding carboxylic acids is 1. The highest BCUT2D eigenvalue weighted by molar-refractivity contribution is 5.74. The first-order chi connectivity index (χ1) is 13.7. The Balaban J connectivity index is 1.40. The van der Waals surface area contributed by atoms with Crippen LogP contribution in [-0.2, 0) is 10.2 Å². The standard InChI is InChI=1S/C22H33N3O3/c1-27-20-7-5-18(6-8-20)22(9-14-28-15-10-22)17-23-21(26)25-13-12-24-11-3-2-4-19(24)16-25/h5-8,19H,2-4,9-17H2,1H3,(H,23,26). The molecule has 1 aromatic rings. The fourth-order valence-corrected chi connectivity index (χ4v) is 4.97. The zero-order valence-corrected chi connectivity index (χ0v) is 17.0. The van der Waals surface area contributed by atoms with Crippen molar-refractivity contribution in [2.75, 3.05) is 53.0 Å². The van der Waals surface area contributed by atoms with Crippen LogP contribution in [0.3, 0.4) is 0 Å². The van der Waals surface area contributed by atoms with Crippen molar-refractivity contribution in [3.8, 4) is 5.75 Å². The van der Waals surface area contributed by atoms with E-state index in [4.69, 9.17) is 9.47 Å². The number of amides is 2. The number of urea groups is 1. The Morgan fingerprint density at radius 1 is 1.18 bits per heavy atom. The third-order valence-electron chi connectivity index (χ3n) is 6.85. The molecule has 0 aromatic heterocycles. The summed E-state index contributed by atoms with van der Waals surface area (Å²) in [4.78, 5) is 17.5. The number of rotatable bonds is 4. The minimum Gasteiger partial charge on any atom is -0.497 e. The Kier molecular flexibility index (Phi) is 6.07.